The summed E-state index contributed by atoms with van der Waals surface area (Å²) < 4.78 is 14.5. The molecule has 0 spiro atoms. The lowest BCUT2D eigenvalue weighted by molar-refractivity contribution is 0.439. The highest BCUT2D eigenvalue weighted by Gasteiger charge is 2.35. The maximum absolute atomic E-state index is 13.2. The van der Waals surface area contributed by atoms with Crippen LogP contribution in [0, 0.1) is 9.39 Å². The molecule has 19 heavy (non-hydrogen) atoms. The summed E-state index contributed by atoms with van der Waals surface area (Å²) in [6.07, 6.45) is 2.56. The maximum Gasteiger partial charge on any atom is 0.123 e. The summed E-state index contributed by atoms with van der Waals surface area (Å²) >= 11 is 2.30. The fourth-order valence-corrected chi connectivity index (χ4v) is 3.26. The lowest BCUT2D eigenvalue weighted by atomic mass is 9.86. The highest BCUT2D eigenvalue weighted by atomic mass is 127. The first kappa shape index (κ1) is 13.1. The van der Waals surface area contributed by atoms with Crippen LogP contribution >= 0.6 is 22.6 Å². The Morgan fingerprint density at radius 3 is 2.63 bits per heavy atom. The van der Waals surface area contributed by atoms with Crippen LogP contribution in [0.25, 0.3) is 0 Å². The number of fused-ring (bicyclic) bond motifs is 1. The molecule has 1 unspecified atom stereocenters. The van der Waals surface area contributed by atoms with E-state index in [9.17, 15) is 4.39 Å². The normalized spacial score (nSPS) is 21.4. The number of rotatable bonds is 2. The van der Waals surface area contributed by atoms with Gasteiger partial charge < -0.3 is 5.73 Å². The van der Waals surface area contributed by atoms with Crippen molar-refractivity contribution in [2.45, 2.75) is 24.8 Å². The molecule has 98 valence electrons. The van der Waals surface area contributed by atoms with Crippen LogP contribution in [0.1, 0.15) is 23.1 Å². The van der Waals surface area contributed by atoms with Gasteiger partial charge in [0.25, 0.3) is 0 Å². The van der Waals surface area contributed by atoms with Crippen molar-refractivity contribution in [1.82, 2.24) is 0 Å². The molecule has 1 aliphatic rings. The molecule has 0 radical (unpaired) electrons. The second-order valence-corrected chi connectivity index (χ2v) is 6.51. The first-order valence-corrected chi connectivity index (χ1v) is 7.47. The van der Waals surface area contributed by atoms with Crippen molar-refractivity contribution in [3.05, 3.63) is 68.5 Å². The van der Waals surface area contributed by atoms with E-state index < -0.39 is 0 Å². The van der Waals surface area contributed by atoms with Crippen LogP contribution in [0.4, 0.5) is 4.39 Å². The molecule has 0 fully saturated rings. The number of nitrogens with two attached hydrogens (primary N) is 1. The lowest BCUT2D eigenvalue weighted by Crippen LogP contribution is -2.36. The average molecular weight is 367 g/mol. The zero-order chi connectivity index (χ0) is 13.5. The zero-order valence-corrected chi connectivity index (χ0v) is 12.7. The van der Waals surface area contributed by atoms with E-state index >= 15 is 0 Å². The van der Waals surface area contributed by atoms with Gasteiger partial charge >= 0.3 is 0 Å². The minimum Gasteiger partial charge on any atom is -0.321 e. The Morgan fingerprint density at radius 1 is 1.16 bits per heavy atom. The van der Waals surface area contributed by atoms with E-state index in [-0.39, 0.29) is 11.4 Å². The summed E-state index contributed by atoms with van der Waals surface area (Å²) in [6, 6.07) is 13.4. The Morgan fingerprint density at radius 2 is 1.89 bits per heavy atom. The second-order valence-electron chi connectivity index (χ2n) is 5.26. The van der Waals surface area contributed by atoms with Crippen LogP contribution in [-0.4, -0.2) is 0 Å². The number of aryl methyl sites for hydroxylation is 1. The first-order chi connectivity index (χ1) is 9.07. The third kappa shape index (κ3) is 2.54. The van der Waals surface area contributed by atoms with Crippen molar-refractivity contribution in [2.75, 3.05) is 0 Å². The smallest absolute Gasteiger partial charge is 0.123 e. The predicted octanol–water partition coefficient (Wildman–Crippen LogP) is 3.77. The van der Waals surface area contributed by atoms with Crippen LogP contribution in [0.3, 0.4) is 0 Å². The van der Waals surface area contributed by atoms with Gasteiger partial charge in [-0.1, -0.05) is 18.2 Å². The van der Waals surface area contributed by atoms with Crippen molar-refractivity contribution in [3.63, 3.8) is 0 Å². The fraction of sp³-hybridized carbons (Fsp3) is 0.250. The van der Waals surface area contributed by atoms with Gasteiger partial charge in [0.1, 0.15) is 5.82 Å². The Balaban J connectivity index is 1.92. The molecule has 1 nitrogen and oxygen atoms in total. The summed E-state index contributed by atoms with van der Waals surface area (Å²) in [7, 11) is 0. The summed E-state index contributed by atoms with van der Waals surface area (Å²) in [5.74, 6) is -0.169. The summed E-state index contributed by atoms with van der Waals surface area (Å²) in [4.78, 5) is 0. The van der Waals surface area contributed by atoms with Gasteiger partial charge in [0.05, 0.1) is 0 Å². The van der Waals surface area contributed by atoms with E-state index in [2.05, 4.69) is 46.9 Å². The van der Waals surface area contributed by atoms with Crippen molar-refractivity contribution >= 4 is 22.6 Å². The number of hydrogen-bond donors (Lipinski definition) is 1. The molecular formula is C16H15FIN. The van der Waals surface area contributed by atoms with Crippen LogP contribution in [0.15, 0.2) is 42.5 Å². The van der Waals surface area contributed by atoms with Gasteiger partial charge in [-0.2, -0.15) is 0 Å². The minimum atomic E-state index is -0.351. The molecule has 2 aromatic carbocycles. The second kappa shape index (κ2) is 4.87. The number of hydrogen-bond acceptors (Lipinski definition) is 1. The molecule has 1 aliphatic carbocycles. The van der Waals surface area contributed by atoms with E-state index in [1.165, 1.54) is 15.2 Å². The van der Waals surface area contributed by atoms with Crippen LogP contribution in [-0.2, 0) is 18.4 Å². The van der Waals surface area contributed by atoms with E-state index in [0.29, 0.717) is 0 Å². The highest BCUT2D eigenvalue weighted by Crippen LogP contribution is 2.37. The van der Waals surface area contributed by atoms with Gasteiger partial charge in [-0.05, 0) is 82.8 Å². The first-order valence-electron chi connectivity index (χ1n) is 6.39. The van der Waals surface area contributed by atoms with Gasteiger partial charge in [0, 0.05) is 9.11 Å². The van der Waals surface area contributed by atoms with E-state index in [4.69, 9.17) is 5.73 Å². The van der Waals surface area contributed by atoms with Gasteiger partial charge in [-0.3, -0.25) is 0 Å². The molecule has 3 heteroatoms. The molecule has 2 N–H and O–H groups in total. The van der Waals surface area contributed by atoms with Crippen molar-refractivity contribution in [1.29, 1.82) is 0 Å². The van der Waals surface area contributed by atoms with E-state index in [1.807, 2.05) is 6.07 Å². The number of benzene rings is 2. The summed E-state index contributed by atoms with van der Waals surface area (Å²) in [5.41, 5.74) is 9.62. The maximum atomic E-state index is 13.2. The van der Waals surface area contributed by atoms with Crippen molar-refractivity contribution in [3.8, 4) is 0 Å². The zero-order valence-electron chi connectivity index (χ0n) is 10.5. The molecule has 0 amide bonds. The monoisotopic (exact) mass is 367 g/mol. The summed E-state index contributed by atoms with van der Waals surface area (Å²) in [6.45, 7) is 0. The largest absolute Gasteiger partial charge is 0.321 e. The molecular weight excluding hydrogens is 352 g/mol. The SMILES string of the molecule is NC1(Cc2ccc(I)cc2)CCc2cc(F)ccc21. The molecule has 0 aromatic heterocycles. The van der Waals surface area contributed by atoms with Crippen LogP contribution in [0.5, 0.6) is 0 Å². The quantitative estimate of drug-likeness (QED) is 0.804. The van der Waals surface area contributed by atoms with Gasteiger partial charge in [-0.15, -0.1) is 0 Å². The molecule has 2 aromatic rings. The Bertz CT molecular complexity index is 609. The van der Waals surface area contributed by atoms with Crippen LogP contribution < -0.4 is 5.73 Å². The fourth-order valence-electron chi connectivity index (χ4n) is 2.90. The van der Waals surface area contributed by atoms with Crippen LogP contribution in [0.2, 0.25) is 0 Å². The molecule has 3 rings (SSSR count). The minimum absolute atomic E-state index is 0.169. The lowest BCUT2D eigenvalue weighted by Gasteiger charge is -2.25. The Kier molecular flexibility index (Phi) is 3.35. The number of halogens is 2. The third-order valence-corrected chi connectivity index (χ3v) is 4.60. The highest BCUT2D eigenvalue weighted by molar-refractivity contribution is 14.1. The molecule has 0 saturated heterocycles. The Hall–Kier alpha value is -0.940. The van der Waals surface area contributed by atoms with Crippen molar-refractivity contribution < 1.29 is 4.39 Å². The molecule has 0 saturated carbocycles. The van der Waals surface area contributed by atoms with Gasteiger partial charge in [0.2, 0.25) is 0 Å². The van der Waals surface area contributed by atoms with Gasteiger partial charge in [0.15, 0.2) is 0 Å². The molecule has 0 heterocycles. The molecule has 0 aliphatic heterocycles. The third-order valence-electron chi connectivity index (χ3n) is 3.88. The van der Waals surface area contributed by atoms with E-state index in [0.717, 1.165) is 30.4 Å². The van der Waals surface area contributed by atoms with Crippen molar-refractivity contribution in [2.24, 2.45) is 5.73 Å². The van der Waals surface area contributed by atoms with Gasteiger partial charge in [-0.25, -0.2) is 4.39 Å². The predicted molar refractivity (Wildman–Crippen MR) is 83.4 cm³/mol. The topological polar surface area (TPSA) is 26.0 Å². The molecule has 0 bridgehead atoms. The Labute approximate surface area is 126 Å². The molecule has 1 atom stereocenters. The summed E-state index contributed by atoms with van der Waals surface area (Å²) in [5, 5.41) is 0. The average Bonchev–Trinajstić information content (AvgIpc) is 2.69. The standard InChI is InChI=1S/C16H15FIN/c17-13-3-6-15-12(9-13)7-8-16(15,19)10-11-1-4-14(18)5-2-11/h1-6,9H,7-8,10,19H2. The van der Waals surface area contributed by atoms with E-state index in [1.54, 1.807) is 6.07 Å².